The molecule has 0 aliphatic carbocycles. The lowest BCUT2D eigenvalue weighted by Crippen LogP contribution is -2.20. The van der Waals surface area contributed by atoms with Crippen molar-refractivity contribution in [1.82, 2.24) is 5.32 Å². The van der Waals surface area contributed by atoms with Crippen LogP contribution in [-0.4, -0.2) is 6.54 Å². The first-order chi connectivity index (χ1) is 8.91. The Hall–Kier alpha value is -0.160. The molecular weight excluding hydrogens is 338 g/mol. The largest absolute Gasteiger partial charge is 0.306 e. The van der Waals surface area contributed by atoms with Gasteiger partial charge in [-0.15, -0.1) is 22.7 Å². The average molecular weight is 358 g/mol. The molecule has 2 aromatic heterocycles. The van der Waals surface area contributed by atoms with Crippen LogP contribution in [-0.2, 0) is 5.41 Å². The van der Waals surface area contributed by atoms with E-state index in [9.17, 15) is 0 Å². The van der Waals surface area contributed by atoms with Crippen LogP contribution < -0.4 is 5.32 Å². The van der Waals surface area contributed by atoms with Gasteiger partial charge >= 0.3 is 0 Å². The summed E-state index contributed by atoms with van der Waals surface area (Å²) in [7, 11) is 0. The third kappa shape index (κ3) is 3.69. The number of hydrogen-bond donors (Lipinski definition) is 1. The van der Waals surface area contributed by atoms with E-state index in [0.717, 1.165) is 6.54 Å². The summed E-state index contributed by atoms with van der Waals surface area (Å²) in [6.07, 6.45) is 0. The molecule has 4 heteroatoms. The molecular formula is C15H20BrNS2. The van der Waals surface area contributed by atoms with Gasteiger partial charge in [0.25, 0.3) is 0 Å². The van der Waals surface area contributed by atoms with Gasteiger partial charge < -0.3 is 5.32 Å². The Morgan fingerprint density at radius 2 is 2.05 bits per heavy atom. The first kappa shape index (κ1) is 15.2. The maximum absolute atomic E-state index is 3.59. The first-order valence-corrected chi connectivity index (χ1v) is 8.98. The van der Waals surface area contributed by atoms with Gasteiger partial charge in [-0.2, -0.15) is 0 Å². The third-order valence-corrected chi connectivity index (χ3v) is 6.08. The minimum atomic E-state index is 0.231. The number of nitrogens with one attached hydrogen (secondary N) is 1. The Morgan fingerprint density at radius 1 is 1.32 bits per heavy atom. The molecule has 0 aliphatic rings. The van der Waals surface area contributed by atoms with Crippen LogP contribution in [0.1, 0.15) is 49.1 Å². The summed E-state index contributed by atoms with van der Waals surface area (Å²) in [6.45, 7) is 9.94. The highest BCUT2D eigenvalue weighted by atomic mass is 79.9. The molecule has 2 aromatic rings. The van der Waals surface area contributed by atoms with Crippen LogP contribution in [0.25, 0.3) is 0 Å². The highest BCUT2D eigenvalue weighted by molar-refractivity contribution is 9.11. The molecule has 0 saturated carbocycles. The molecule has 0 radical (unpaired) electrons. The highest BCUT2D eigenvalue weighted by Gasteiger charge is 2.21. The smallest absolute Gasteiger partial charge is 0.0701 e. The Bertz CT molecular complexity index is 536. The summed E-state index contributed by atoms with van der Waals surface area (Å²) < 4.78 is 1.19. The summed E-state index contributed by atoms with van der Waals surface area (Å²) in [5, 5.41) is 5.82. The number of rotatable bonds is 4. The van der Waals surface area contributed by atoms with Gasteiger partial charge in [0, 0.05) is 9.75 Å². The molecule has 0 aromatic carbocycles. The molecule has 0 fully saturated rings. The topological polar surface area (TPSA) is 12.0 Å². The molecule has 1 nitrogen and oxygen atoms in total. The Labute approximate surface area is 132 Å². The van der Waals surface area contributed by atoms with Crippen LogP contribution >= 0.6 is 38.6 Å². The Kier molecular flexibility index (Phi) is 4.88. The van der Waals surface area contributed by atoms with Crippen LogP contribution in [0.15, 0.2) is 27.4 Å². The van der Waals surface area contributed by atoms with Crippen LogP contribution in [0.3, 0.4) is 0 Å². The second-order valence-electron chi connectivity index (χ2n) is 5.63. The van der Waals surface area contributed by atoms with Crippen molar-refractivity contribution in [3.63, 3.8) is 0 Å². The zero-order valence-electron chi connectivity index (χ0n) is 11.8. The summed E-state index contributed by atoms with van der Waals surface area (Å²) in [5.41, 5.74) is 1.58. The van der Waals surface area contributed by atoms with Crippen LogP contribution in [0.4, 0.5) is 0 Å². The summed E-state index contributed by atoms with van der Waals surface area (Å²) >= 11 is 7.22. The van der Waals surface area contributed by atoms with Crippen molar-refractivity contribution in [2.75, 3.05) is 6.54 Å². The van der Waals surface area contributed by atoms with Gasteiger partial charge in [0.05, 0.1) is 9.83 Å². The van der Waals surface area contributed by atoms with Gasteiger partial charge in [0.2, 0.25) is 0 Å². The number of thiophene rings is 2. The standard InChI is InChI=1S/C15H20BrNS2/c1-5-17-14(10-8-13(16)18-9-10)11-6-7-12(19-11)15(2,3)4/h6-9,14,17H,5H2,1-4H3. The Balaban J connectivity index is 2.32. The van der Waals surface area contributed by atoms with E-state index in [1.807, 2.05) is 11.3 Å². The Morgan fingerprint density at radius 3 is 2.53 bits per heavy atom. The minimum Gasteiger partial charge on any atom is -0.306 e. The fourth-order valence-corrected chi connectivity index (χ4v) is 4.34. The molecule has 2 heterocycles. The molecule has 1 unspecified atom stereocenters. The maximum atomic E-state index is 3.59. The van der Waals surface area contributed by atoms with E-state index in [1.165, 1.54) is 19.1 Å². The van der Waals surface area contributed by atoms with Gasteiger partial charge in [-0.3, -0.25) is 0 Å². The number of halogens is 1. The van der Waals surface area contributed by atoms with Crippen molar-refractivity contribution in [1.29, 1.82) is 0 Å². The van der Waals surface area contributed by atoms with Gasteiger partial charge in [0.1, 0.15) is 0 Å². The molecule has 2 rings (SSSR count). The van der Waals surface area contributed by atoms with E-state index < -0.39 is 0 Å². The normalized spacial score (nSPS) is 13.7. The highest BCUT2D eigenvalue weighted by Crippen LogP contribution is 2.36. The van der Waals surface area contributed by atoms with Crippen LogP contribution in [0, 0.1) is 0 Å². The van der Waals surface area contributed by atoms with E-state index in [-0.39, 0.29) is 5.41 Å². The van der Waals surface area contributed by atoms with Crippen LogP contribution in [0.2, 0.25) is 0 Å². The van der Waals surface area contributed by atoms with E-state index in [4.69, 9.17) is 0 Å². The lowest BCUT2D eigenvalue weighted by atomic mass is 9.95. The zero-order chi connectivity index (χ0) is 14.0. The molecule has 104 valence electrons. The molecule has 1 N–H and O–H groups in total. The molecule has 0 aliphatic heterocycles. The van der Waals surface area contributed by atoms with Crippen molar-refractivity contribution < 1.29 is 0 Å². The zero-order valence-corrected chi connectivity index (χ0v) is 15.0. The fraction of sp³-hybridized carbons (Fsp3) is 0.467. The quantitative estimate of drug-likeness (QED) is 0.754. The summed E-state index contributed by atoms with van der Waals surface area (Å²) in [5.74, 6) is 0. The molecule has 0 spiro atoms. The van der Waals surface area contributed by atoms with Crippen molar-refractivity contribution in [3.05, 3.63) is 42.7 Å². The van der Waals surface area contributed by atoms with Crippen LogP contribution in [0.5, 0.6) is 0 Å². The SMILES string of the molecule is CCNC(c1csc(Br)c1)c1ccc(C(C)(C)C)s1. The second kappa shape index (κ2) is 6.08. The molecule has 1 atom stereocenters. The third-order valence-electron chi connectivity index (χ3n) is 2.98. The average Bonchev–Trinajstić information content (AvgIpc) is 2.93. The van der Waals surface area contributed by atoms with Gasteiger partial charge in [-0.05, 0) is 57.0 Å². The van der Waals surface area contributed by atoms with Gasteiger partial charge in [0.15, 0.2) is 0 Å². The predicted octanol–water partition coefficient (Wildman–Crippen LogP) is 5.57. The first-order valence-electron chi connectivity index (χ1n) is 6.49. The number of hydrogen-bond acceptors (Lipinski definition) is 3. The fourth-order valence-electron chi connectivity index (χ4n) is 1.97. The minimum absolute atomic E-state index is 0.231. The molecule has 0 saturated heterocycles. The summed E-state index contributed by atoms with van der Waals surface area (Å²) in [6, 6.07) is 7.07. The van der Waals surface area contributed by atoms with Gasteiger partial charge in [-0.25, -0.2) is 0 Å². The molecule has 19 heavy (non-hydrogen) atoms. The van der Waals surface area contributed by atoms with Gasteiger partial charge in [-0.1, -0.05) is 27.7 Å². The monoisotopic (exact) mass is 357 g/mol. The molecule has 0 bridgehead atoms. The van der Waals surface area contributed by atoms with Crippen molar-refractivity contribution in [2.24, 2.45) is 0 Å². The van der Waals surface area contributed by atoms with E-state index >= 15 is 0 Å². The van der Waals surface area contributed by atoms with E-state index in [0.29, 0.717) is 6.04 Å². The lowest BCUT2D eigenvalue weighted by molar-refractivity contribution is 0.604. The van der Waals surface area contributed by atoms with Crippen molar-refractivity contribution >= 4 is 38.6 Å². The van der Waals surface area contributed by atoms with E-state index in [2.05, 4.69) is 72.5 Å². The second-order valence-corrected chi connectivity index (χ2v) is 9.03. The lowest BCUT2D eigenvalue weighted by Gasteiger charge is -2.17. The predicted molar refractivity (Wildman–Crippen MR) is 90.6 cm³/mol. The van der Waals surface area contributed by atoms with Crippen molar-refractivity contribution in [3.8, 4) is 0 Å². The maximum Gasteiger partial charge on any atom is 0.0701 e. The summed E-state index contributed by atoms with van der Waals surface area (Å²) in [4.78, 5) is 2.84. The molecule has 0 amide bonds. The van der Waals surface area contributed by atoms with E-state index in [1.54, 1.807) is 11.3 Å². The van der Waals surface area contributed by atoms with Crippen molar-refractivity contribution in [2.45, 2.75) is 39.2 Å².